The Bertz CT molecular complexity index is 860. The summed E-state index contributed by atoms with van der Waals surface area (Å²) in [4.78, 5) is 12.8. The zero-order valence-electron chi connectivity index (χ0n) is 12.8. The molecule has 23 heavy (non-hydrogen) atoms. The first-order chi connectivity index (χ1) is 10.8. The van der Waals surface area contributed by atoms with E-state index in [1.807, 2.05) is 19.9 Å². The number of ketones is 1. The highest BCUT2D eigenvalue weighted by Gasteiger charge is 2.70. The van der Waals surface area contributed by atoms with Gasteiger partial charge in [-0.3, -0.25) is 4.79 Å². The Labute approximate surface area is 133 Å². The fourth-order valence-corrected chi connectivity index (χ4v) is 3.51. The van der Waals surface area contributed by atoms with Crippen LogP contribution in [0.4, 0.5) is 5.69 Å². The molecule has 1 heterocycles. The van der Waals surface area contributed by atoms with Gasteiger partial charge in [0.15, 0.2) is 0 Å². The van der Waals surface area contributed by atoms with E-state index in [4.69, 9.17) is 10.5 Å². The number of fused-ring (bicyclic) bond motifs is 5. The Kier molecular flexibility index (Phi) is 2.55. The van der Waals surface area contributed by atoms with E-state index in [0.29, 0.717) is 5.75 Å². The molecule has 0 radical (unpaired) electrons. The number of aliphatic hydroxyl groups is 2. The smallest absolute Gasteiger partial charge is 0.276 e. The van der Waals surface area contributed by atoms with E-state index in [1.165, 1.54) is 0 Å². The van der Waals surface area contributed by atoms with Crippen LogP contribution in [-0.4, -0.2) is 16.0 Å². The number of nitrogen functional groups attached to an aromatic ring is 1. The normalized spacial score (nSPS) is 27.6. The number of anilines is 1. The van der Waals surface area contributed by atoms with Gasteiger partial charge in [0.05, 0.1) is 5.56 Å². The maximum Gasteiger partial charge on any atom is 0.276 e. The summed E-state index contributed by atoms with van der Waals surface area (Å²) in [5.41, 5.74) is 5.50. The topological polar surface area (TPSA) is 92.8 Å². The molecule has 118 valence electrons. The van der Waals surface area contributed by atoms with Crippen molar-refractivity contribution in [2.45, 2.75) is 31.2 Å². The van der Waals surface area contributed by atoms with Crippen molar-refractivity contribution in [2.24, 2.45) is 0 Å². The van der Waals surface area contributed by atoms with Crippen molar-refractivity contribution in [3.05, 3.63) is 58.7 Å². The average molecular weight is 311 g/mol. The van der Waals surface area contributed by atoms with Gasteiger partial charge in [-0.05, 0) is 23.6 Å². The van der Waals surface area contributed by atoms with Crippen molar-refractivity contribution in [3.8, 4) is 5.75 Å². The van der Waals surface area contributed by atoms with Crippen molar-refractivity contribution < 1.29 is 19.7 Å². The highest BCUT2D eigenvalue weighted by atomic mass is 16.7. The highest BCUT2D eigenvalue weighted by Crippen LogP contribution is 2.59. The lowest BCUT2D eigenvalue weighted by Gasteiger charge is -2.28. The van der Waals surface area contributed by atoms with Crippen molar-refractivity contribution >= 4 is 11.5 Å². The second kappa shape index (κ2) is 4.13. The van der Waals surface area contributed by atoms with Gasteiger partial charge in [-0.15, -0.1) is 0 Å². The summed E-state index contributed by atoms with van der Waals surface area (Å²) < 4.78 is 5.69. The molecular formula is C18H17NO4. The lowest BCUT2D eigenvalue weighted by Crippen LogP contribution is -2.48. The quantitative estimate of drug-likeness (QED) is 0.701. The SMILES string of the molecule is CC(C)c1ccc2c(c1)O[C@@]1(O)c3cccc(N)c3C(=O)[C@@]21O. The van der Waals surface area contributed by atoms with E-state index >= 15 is 0 Å². The van der Waals surface area contributed by atoms with Crippen LogP contribution < -0.4 is 10.5 Å². The predicted octanol–water partition coefficient (Wildman–Crippen LogP) is 2.01. The summed E-state index contributed by atoms with van der Waals surface area (Å²) in [7, 11) is 0. The Morgan fingerprint density at radius 3 is 2.57 bits per heavy atom. The van der Waals surface area contributed by atoms with Crippen LogP contribution >= 0.6 is 0 Å². The molecule has 2 atom stereocenters. The predicted molar refractivity (Wildman–Crippen MR) is 84.1 cm³/mol. The summed E-state index contributed by atoms with van der Waals surface area (Å²) in [6.45, 7) is 4.06. The van der Waals surface area contributed by atoms with E-state index in [9.17, 15) is 15.0 Å². The maximum atomic E-state index is 12.8. The first kappa shape index (κ1) is 14.2. The number of benzene rings is 2. The summed E-state index contributed by atoms with van der Waals surface area (Å²) in [6, 6.07) is 9.97. The minimum atomic E-state index is -2.17. The van der Waals surface area contributed by atoms with Gasteiger partial charge in [-0.1, -0.05) is 38.1 Å². The van der Waals surface area contributed by atoms with Crippen LogP contribution in [0.2, 0.25) is 0 Å². The first-order valence-corrected chi connectivity index (χ1v) is 7.52. The summed E-state index contributed by atoms with van der Waals surface area (Å²) in [5, 5.41) is 22.1. The van der Waals surface area contributed by atoms with Crippen molar-refractivity contribution in [1.82, 2.24) is 0 Å². The molecule has 0 bridgehead atoms. The molecule has 1 aliphatic carbocycles. The van der Waals surface area contributed by atoms with Crippen molar-refractivity contribution in [1.29, 1.82) is 0 Å². The fraction of sp³-hybridized carbons (Fsp3) is 0.278. The number of carbonyl (C=O) groups excluding carboxylic acids is 1. The van der Waals surface area contributed by atoms with Crippen molar-refractivity contribution in [2.75, 3.05) is 5.73 Å². The average Bonchev–Trinajstić information content (AvgIpc) is 2.84. The summed E-state index contributed by atoms with van der Waals surface area (Å²) in [5.74, 6) is -2.20. The van der Waals surface area contributed by atoms with Gasteiger partial charge >= 0.3 is 0 Å². The third-order valence-electron chi connectivity index (χ3n) is 4.83. The van der Waals surface area contributed by atoms with Crippen molar-refractivity contribution in [3.63, 3.8) is 0 Å². The van der Waals surface area contributed by atoms with Gasteiger partial charge in [0.2, 0.25) is 11.4 Å². The van der Waals surface area contributed by atoms with Crippen LogP contribution in [0, 0.1) is 0 Å². The van der Waals surface area contributed by atoms with Crippen LogP contribution in [0.1, 0.15) is 46.8 Å². The van der Waals surface area contributed by atoms with Gasteiger partial charge in [0.25, 0.3) is 5.79 Å². The number of hydrogen-bond donors (Lipinski definition) is 3. The van der Waals surface area contributed by atoms with Crippen LogP contribution in [0.3, 0.4) is 0 Å². The van der Waals surface area contributed by atoms with E-state index < -0.39 is 17.2 Å². The Hall–Kier alpha value is -2.37. The van der Waals surface area contributed by atoms with Gasteiger partial charge in [-0.2, -0.15) is 0 Å². The Morgan fingerprint density at radius 2 is 1.87 bits per heavy atom. The highest BCUT2D eigenvalue weighted by molar-refractivity contribution is 6.12. The monoisotopic (exact) mass is 311 g/mol. The summed E-state index contributed by atoms with van der Waals surface area (Å²) in [6.07, 6.45) is 0. The zero-order valence-corrected chi connectivity index (χ0v) is 12.8. The Morgan fingerprint density at radius 1 is 1.13 bits per heavy atom. The zero-order chi connectivity index (χ0) is 16.6. The number of rotatable bonds is 1. The molecule has 2 aromatic carbocycles. The van der Waals surface area contributed by atoms with E-state index in [2.05, 4.69) is 0 Å². The number of Topliss-reactive ketones (excluding diaryl/α,β-unsaturated/α-hetero) is 1. The van der Waals surface area contributed by atoms with Gasteiger partial charge < -0.3 is 20.7 Å². The van der Waals surface area contributed by atoms with Gasteiger partial charge in [0.1, 0.15) is 5.75 Å². The molecular weight excluding hydrogens is 294 g/mol. The minimum Gasteiger partial charge on any atom is -0.454 e. The number of hydrogen-bond acceptors (Lipinski definition) is 5. The standard InChI is InChI=1S/C18H17NO4/c1-9(2)10-6-7-11-14(8-10)23-18(22)12-4-3-5-13(19)15(12)16(20)17(11,18)21/h3-9,21-22H,19H2,1-2H3/t17-,18-/m0/s1. The van der Waals surface area contributed by atoms with Gasteiger partial charge in [0, 0.05) is 16.8 Å². The minimum absolute atomic E-state index is 0.121. The molecule has 0 aromatic heterocycles. The number of nitrogens with two attached hydrogens (primary N) is 1. The number of carbonyl (C=O) groups is 1. The molecule has 5 nitrogen and oxygen atoms in total. The van der Waals surface area contributed by atoms with E-state index in [1.54, 1.807) is 30.3 Å². The van der Waals surface area contributed by atoms with Crippen LogP contribution in [0.5, 0.6) is 5.75 Å². The first-order valence-electron chi connectivity index (χ1n) is 7.52. The Balaban J connectivity index is 1.98. The molecule has 0 fully saturated rings. The van der Waals surface area contributed by atoms with Crippen LogP contribution in [-0.2, 0) is 11.4 Å². The lowest BCUT2D eigenvalue weighted by molar-refractivity contribution is -0.224. The number of ether oxygens (including phenoxy) is 1. The molecule has 4 rings (SSSR count). The molecule has 1 aliphatic heterocycles. The summed E-state index contributed by atoms with van der Waals surface area (Å²) >= 11 is 0. The molecule has 0 saturated carbocycles. The molecule has 0 spiro atoms. The molecule has 5 heteroatoms. The molecule has 0 unspecified atom stereocenters. The van der Waals surface area contributed by atoms with E-state index in [-0.39, 0.29) is 28.3 Å². The van der Waals surface area contributed by atoms with Crippen LogP contribution in [0.15, 0.2) is 36.4 Å². The lowest BCUT2D eigenvalue weighted by atomic mass is 9.86. The molecule has 0 saturated heterocycles. The third-order valence-corrected chi connectivity index (χ3v) is 4.83. The van der Waals surface area contributed by atoms with Gasteiger partial charge in [-0.25, -0.2) is 0 Å². The second-order valence-electron chi connectivity index (χ2n) is 6.47. The molecule has 2 aromatic rings. The largest absolute Gasteiger partial charge is 0.454 e. The third kappa shape index (κ3) is 1.46. The molecule has 0 amide bonds. The van der Waals surface area contributed by atoms with Crippen LogP contribution in [0.25, 0.3) is 0 Å². The second-order valence-corrected chi connectivity index (χ2v) is 6.47. The maximum absolute atomic E-state index is 12.8. The van der Waals surface area contributed by atoms with E-state index in [0.717, 1.165) is 5.56 Å². The molecule has 2 aliphatic rings. The molecule has 4 N–H and O–H groups in total. The fourth-order valence-electron chi connectivity index (χ4n) is 3.51.